The van der Waals surface area contributed by atoms with E-state index < -0.39 is 11.7 Å². The van der Waals surface area contributed by atoms with Crippen molar-refractivity contribution in [1.82, 2.24) is 4.90 Å². The van der Waals surface area contributed by atoms with Gasteiger partial charge in [-0.3, -0.25) is 4.79 Å². The molecule has 0 aliphatic carbocycles. The highest BCUT2D eigenvalue weighted by molar-refractivity contribution is 5.96. The molecule has 0 unspecified atom stereocenters. The zero-order valence-electron chi connectivity index (χ0n) is 14.9. The number of rotatable bonds is 3. The number of halogens is 3. The lowest BCUT2D eigenvalue weighted by molar-refractivity contribution is -0.137. The molecule has 2 aromatic rings. The van der Waals surface area contributed by atoms with Crippen molar-refractivity contribution in [2.75, 3.05) is 30.0 Å². The number of anilines is 3. The molecule has 4 nitrogen and oxygen atoms in total. The number of para-hydroxylation sites is 1. The van der Waals surface area contributed by atoms with Gasteiger partial charge in [0.1, 0.15) is 0 Å². The quantitative estimate of drug-likeness (QED) is 0.618. The van der Waals surface area contributed by atoms with Crippen LogP contribution in [-0.4, -0.2) is 30.6 Å². The molecule has 2 aliphatic rings. The minimum absolute atomic E-state index is 0.228. The van der Waals surface area contributed by atoms with Crippen LogP contribution in [-0.2, 0) is 11.0 Å². The molecule has 7 heteroatoms. The maximum Gasteiger partial charge on any atom is 0.416 e. The topological polar surface area (TPSA) is 35.6 Å². The SMILES string of the molecule is O=C(C=Cc1cc(C(F)(F)F)cc2c1N(c1ccccc1)CN2)N1CC=CC1. The van der Waals surface area contributed by atoms with E-state index >= 15 is 0 Å². The summed E-state index contributed by atoms with van der Waals surface area (Å²) in [4.78, 5) is 15.8. The Morgan fingerprint density at radius 3 is 2.46 bits per heavy atom. The first-order chi connectivity index (χ1) is 13.4. The Labute approximate surface area is 160 Å². The number of carbonyl (C=O) groups excluding carboxylic acids is 1. The highest BCUT2D eigenvalue weighted by Gasteiger charge is 2.34. The average Bonchev–Trinajstić information content (AvgIpc) is 3.35. The number of carbonyl (C=O) groups is 1. The second-order valence-corrected chi connectivity index (χ2v) is 6.61. The standard InChI is InChI=1S/C21H18F3N3O/c22-21(23,24)16-12-15(8-9-19(28)26-10-4-5-11-26)20-18(13-16)25-14-27(20)17-6-2-1-3-7-17/h1-9,12-13,25H,10-11,14H2. The van der Waals surface area contributed by atoms with Crippen LogP contribution < -0.4 is 10.2 Å². The predicted octanol–water partition coefficient (Wildman–Crippen LogP) is 4.64. The largest absolute Gasteiger partial charge is 0.416 e. The van der Waals surface area contributed by atoms with Crippen LogP contribution in [0.25, 0.3) is 6.08 Å². The first-order valence-electron chi connectivity index (χ1n) is 8.87. The fourth-order valence-corrected chi connectivity index (χ4v) is 3.38. The van der Waals surface area contributed by atoms with Gasteiger partial charge in [-0.25, -0.2) is 0 Å². The Morgan fingerprint density at radius 1 is 1.07 bits per heavy atom. The molecule has 2 aromatic carbocycles. The minimum Gasteiger partial charge on any atom is -0.366 e. The van der Waals surface area contributed by atoms with Crippen LogP contribution in [0.4, 0.5) is 30.2 Å². The van der Waals surface area contributed by atoms with Crippen LogP contribution in [0.15, 0.2) is 60.7 Å². The third-order valence-corrected chi connectivity index (χ3v) is 4.77. The van der Waals surface area contributed by atoms with Crippen LogP contribution in [0.1, 0.15) is 11.1 Å². The summed E-state index contributed by atoms with van der Waals surface area (Å²) >= 11 is 0. The number of nitrogens with one attached hydrogen (secondary N) is 1. The van der Waals surface area contributed by atoms with Gasteiger partial charge in [-0.15, -0.1) is 0 Å². The summed E-state index contributed by atoms with van der Waals surface area (Å²) in [7, 11) is 0. The fourth-order valence-electron chi connectivity index (χ4n) is 3.38. The summed E-state index contributed by atoms with van der Waals surface area (Å²) in [5, 5.41) is 3.03. The van der Waals surface area contributed by atoms with Crippen LogP contribution in [0.2, 0.25) is 0 Å². The van der Waals surface area contributed by atoms with Gasteiger partial charge in [0, 0.05) is 30.4 Å². The highest BCUT2D eigenvalue weighted by Crippen LogP contribution is 2.44. The van der Waals surface area contributed by atoms with Crippen molar-refractivity contribution in [3.05, 3.63) is 71.8 Å². The maximum absolute atomic E-state index is 13.4. The normalized spacial score (nSPS) is 16.0. The van der Waals surface area contributed by atoms with Crippen LogP contribution in [0.3, 0.4) is 0 Å². The Kier molecular flexibility index (Phi) is 4.58. The Balaban J connectivity index is 1.75. The third kappa shape index (κ3) is 3.47. The molecule has 28 heavy (non-hydrogen) atoms. The molecule has 0 fully saturated rings. The third-order valence-electron chi connectivity index (χ3n) is 4.77. The molecule has 0 saturated heterocycles. The Morgan fingerprint density at radius 2 is 1.79 bits per heavy atom. The predicted molar refractivity (Wildman–Crippen MR) is 103 cm³/mol. The molecule has 0 aromatic heterocycles. The van der Waals surface area contributed by atoms with Crippen molar-refractivity contribution in [2.24, 2.45) is 0 Å². The van der Waals surface area contributed by atoms with Gasteiger partial charge in [-0.2, -0.15) is 13.2 Å². The van der Waals surface area contributed by atoms with E-state index in [1.54, 1.807) is 4.90 Å². The van der Waals surface area contributed by atoms with Crippen LogP contribution >= 0.6 is 0 Å². The smallest absolute Gasteiger partial charge is 0.366 e. The van der Waals surface area contributed by atoms with Crippen LogP contribution in [0, 0.1) is 0 Å². The van der Waals surface area contributed by atoms with E-state index in [1.165, 1.54) is 12.2 Å². The van der Waals surface area contributed by atoms with Crippen molar-refractivity contribution >= 4 is 29.0 Å². The molecule has 0 spiro atoms. The number of fused-ring (bicyclic) bond motifs is 1. The number of nitrogens with zero attached hydrogens (tertiary/aromatic N) is 2. The second-order valence-electron chi connectivity index (χ2n) is 6.61. The monoisotopic (exact) mass is 385 g/mol. The molecule has 1 N–H and O–H groups in total. The number of benzene rings is 2. The van der Waals surface area contributed by atoms with Gasteiger partial charge in [0.25, 0.3) is 0 Å². The van der Waals surface area contributed by atoms with E-state index in [0.717, 1.165) is 17.8 Å². The number of hydrogen-bond acceptors (Lipinski definition) is 3. The summed E-state index contributed by atoms with van der Waals surface area (Å²) in [6, 6.07) is 11.6. The molecule has 144 valence electrons. The highest BCUT2D eigenvalue weighted by atomic mass is 19.4. The molecule has 2 aliphatic heterocycles. The Bertz CT molecular complexity index is 943. The first-order valence-corrected chi connectivity index (χ1v) is 8.87. The van der Waals surface area contributed by atoms with Gasteiger partial charge in [0.15, 0.2) is 0 Å². The van der Waals surface area contributed by atoms with E-state index in [1.807, 2.05) is 47.4 Å². The van der Waals surface area contributed by atoms with Crippen molar-refractivity contribution in [3.63, 3.8) is 0 Å². The average molecular weight is 385 g/mol. The van der Waals surface area contributed by atoms with Crippen molar-refractivity contribution in [2.45, 2.75) is 6.18 Å². The van der Waals surface area contributed by atoms with Gasteiger partial charge >= 0.3 is 6.18 Å². The molecule has 0 saturated carbocycles. The lowest BCUT2D eigenvalue weighted by Gasteiger charge is -2.21. The molecule has 0 atom stereocenters. The summed E-state index contributed by atoms with van der Waals surface area (Å²) in [5.74, 6) is -0.228. The summed E-state index contributed by atoms with van der Waals surface area (Å²) in [6.45, 7) is 1.38. The summed E-state index contributed by atoms with van der Waals surface area (Å²) in [5.41, 5.74) is 1.48. The molecule has 0 radical (unpaired) electrons. The first kappa shape index (κ1) is 18.2. The van der Waals surface area contributed by atoms with E-state index in [0.29, 0.717) is 36.7 Å². The molecular formula is C21H18F3N3O. The number of hydrogen-bond donors (Lipinski definition) is 1. The molecular weight excluding hydrogens is 367 g/mol. The minimum atomic E-state index is -4.47. The Hall–Kier alpha value is -3.22. The van der Waals surface area contributed by atoms with Crippen molar-refractivity contribution in [1.29, 1.82) is 0 Å². The molecule has 4 rings (SSSR count). The van der Waals surface area contributed by atoms with Gasteiger partial charge < -0.3 is 15.1 Å². The van der Waals surface area contributed by atoms with Gasteiger partial charge in [0.2, 0.25) is 5.91 Å². The number of alkyl halides is 3. The molecule has 1 amide bonds. The maximum atomic E-state index is 13.4. The molecule has 0 bridgehead atoms. The van der Waals surface area contributed by atoms with Crippen molar-refractivity contribution in [3.8, 4) is 0 Å². The lowest BCUT2D eigenvalue weighted by Crippen LogP contribution is -2.26. The van der Waals surface area contributed by atoms with E-state index in [-0.39, 0.29) is 5.91 Å². The summed E-state index contributed by atoms with van der Waals surface area (Å²) in [6.07, 6.45) is 2.10. The molecule has 2 heterocycles. The van der Waals surface area contributed by atoms with E-state index in [2.05, 4.69) is 5.32 Å². The van der Waals surface area contributed by atoms with E-state index in [9.17, 15) is 18.0 Å². The zero-order chi connectivity index (χ0) is 19.7. The van der Waals surface area contributed by atoms with Gasteiger partial charge in [0.05, 0.1) is 23.6 Å². The second kappa shape index (κ2) is 7.07. The van der Waals surface area contributed by atoms with Gasteiger partial charge in [-0.1, -0.05) is 30.4 Å². The zero-order valence-corrected chi connectivity index (χ0v) is 14.9. The number of amides is 1. The van der Waals surface area contributed by atoms with Gasteiger partial charge in [-0.05, 0) is 30.3 Å². The fraction of sp³-hybridized carbons (Fsp3) is 0.190. The summed E-state index contributed by atoms with van der Waals surface area (Å²) < 4.78 is 40.1. The van der Waals surface area contributed by atoms with Crippen LogP contribution in [0.5, 0.6) is 0 Å². The van der Waals surface area contributed by atoms with Crippen molar-refractivity contribution < 1.29 is 18.0 Å². The lowest BCUT2D eigenvalue weighted by atomic mass is 10.0. The van der Waals surface area contributed by atoms with E-state index in [4.69, 9.17) is 0 Å².